The van der Waals surface area contributed by atoms with Crippen molar-refractivity contribution in [1.29, 1.82) is 0 Å². The fraction of sp³-hybridized carbons (Fsp3) is 0.278. The average Bonchev–Trinajstić information content (AvgIpc) is 3.62. The molecular formula is C36H38FN3O4S. The Bertz CT molecular complexity index is 1660. The molecule has 1 fully saturated rings. The molecule has 234 valence electrons. The van der Waals surface area contributed by atoms with E-state index in [2.05, 4.69) is 5.32 Å². The molecule has 7 nitrogen and oxygen atoms in total. The molecule has 5 rings (SSSR count). The number of nitrogens with one attached hydrogen (secondary N) is 1. The first-order chi connectivity index (χ1) is 21.8. The van der Waals surface area contributed by atoms with Crippen LogP contribution < -0.4 is 5.32 Å². The summed E-state index contributed by atoms with van der Waals surface area (Å²) in [6, 6.07) is 30.7. The van der Waals surface area contributed by atoms with Crippen LogP contribution in [-0.4, -0.2) is 49.1 Å². The van der Waals surface area contributed by atoms with Crippen LogP contribution in [-0.2, 0) is 39.0 Å². The molecule has 1 aliphatic rings. The Kier molecular flexibility index (Phi) is 10.8. The molecule has 0 unspecified atom stereocenters. The zero-order chi connectivity index (χ0) is 31.6. The number of amides is 2. The average molecular weight is 628 g/mol. The Morgan fingerprint density at radius 3 is 1.98 bits per heavy atom. The number of sulfonamides is 1. The lowest BCUT2D eigenvalue weighted by Crippen LogP contribution is -2.44. The zero-order valence-electron chi connectivity index (χ0n) is 25.1. The van der Waals surface area contributed by atoms with E-state index in [1.807, 2.05) is 60.7 Å². The molecule has 9 heteroatoms. The summed E-state index contributed by atoms with van der Waals surface area (Å²) in [5, 5.41) is 3.02. The minimum absolute atomic E-state index is 0.0973. The smallest absolute Gasteiger partial charge is 0.247 e. The van der Waals surface area contributed by atoms with E-state index >= 15 is 0 Å². The Labute approximate surface area is 264 Å². The van der Waals surface area contributed by atoms with E-state index in [0.29, 0.717) is 43.6 Å². The fourth-order valence-electron chi connectivity index (χ4n) is 5.59. The number of carbonyl (C=O) groups excluding carboxylic acids is 2. The molecule has 0 spiro atoms. The number of nitrogens with zero attached hydrogens (tertiary/aromatic N) is 2. The second-order valence-electron chi connectivity index (χ2n) is 11.2. The number of aryl methyl sites for hydroxylation is 1. The first kappa shape index (κ1) is 32.1. The van der Waals surface area contributed by atoms with Gasteiger partial charge in [-0.1, -0.05) is 84.9 Å². The van der Waals surface area contributed by atoms with Crippen molar-refractivity contribution in [1.82, 2.24) is 14.5 Å². The van der Waals surface area contributed by atoms with E-state index in [0.717, 1.165) is 24.0 Å². The van der Waals surface area contributed by atoms with Gasteiger partial charge in [-0.25, -0.2) is 12.8 Å². The summed E-state index contributed by atoms with van der Waals surface area (Å²) in [5.41, 5.74) is 3.27. The van der Waals surface area contributed by atoms with Crippen LogP contribution in [0.5, 0.6) is 0 Å². The minimum Gasteiger partial charge on any atom is -0.354 e. The molecule has 1 aliphatic heterocycles. The lowest BCUT2D eigenvalue weighted by atomic mass is 10.0. The van der Waals surface area contributed by atoms with E-state index in [-0.39, 0.29) is 35.5 Å². The highest BCUT2D eigenvalue weighted by Gasteiger charge is 2.31. The molecule has 0 aromatic heterocycles. The summed E-state index contributed by atoms with van der Waals surface area (Å²) in [7, 11) is -3.53. The van der Waals surface area contributed by atoms with Gasteiger partial charge in [-0.3, -0.25) is 9.59 Å². The van der Waals surface area contributed by atoms with Crippen molar-refractivity contribution in [2.24, 2.45) is 0 Å². The van der Waals surface area contributed by atoms with Crippen molar-refractivity contribution < 1.29 is 22.4 Å². The molecule has 1 heterocycles. The maximum Gasteiger partial charge on any atom is 0.247 e. The standard InChI is InChI=1S/C36H38FN3O4S/c37-32-18-13-30(14-19-32)27-40(34(41)22-17-29-15-20-33(21-16-29)45(43,44)39-25-7-8-26-39)35(31-11-5-2-6-12-31)36(42)38-24-23-28-9-3-1-4-10-28/h1-6,9-16,18-21,35H,7-8,17,22-27H2,(H,38,42)/t35-/m0/s1. The van der Waals surface area contributed by atoms with Crippen LogP contribution in [0.2, 0.25) is 0 Å². The fourth-order valence-corrected chi connectivity index (χ4v) is 7.11. The minimum atomic E-state index is -3.53. The molecule has 4 aromatic carbocycles. The number of hydrogen-bond donors (Lipinski definition) is 1. The molecule has 0 aliphatic carbocycles. The van der Waals surface area contributed by atoms with E-state index in [9.17, 15) is 22.4 Å². The number of benzene rings is 4. The Morgan fingerprint density at radius 2 is 1.33 bits per heavy atom. The SMILES string of the molecule is O=C(NCCc1ccccc1)[C@H](c1ccccc1)N(Cc1ccc(F)cc1)C(=O)CCc1ccc(S(=O)(=O)N2CCCC2)cc1. The van der Waals surface area contributed by atoms with Gasteiger partial charge in [-0.2, -0.15) is 4.31 Å². The van der Waals surface area contributed by atoms with Crippen LogP contribution in [0.4, 0.5) is 4.39 Å². The maximum atomic E-state index is 14.0. The van der Waals surface area contributed by atoms with Crippen molar-refractivity contribution >= 4 is 21.8 Å². The van der Waals surface area contributed by atoms with E-state index in [1.165, 1.54) is 16.4 Å². The van der Waals surface area contributed by atoms with Gasteiger partial charge < -0.3 is 10.2 Å². The van der Waals surface area contributed by atoms with Gasteiger partial charge in [-0.05, 0) is 72.2 Å². The van der Waals surface area contributed by atoms with Gasteiger partial charge in [0, 0.05) is 32.6 Å². The topological polar surface area (TPSA) is 86.8 Å². The number of rotatable bonds is 13. The summed E-state index contributed by atoms with van der Waals surface area (Å²) in [6.45, 7) is 1.57. The molecule has 0 radical (unpaired) electrons. The Balaban J connectivity index is 1.35. The number of carbonyl (C=O) groups is 2. The van der Waals surface area contributed by atoms with Crippen LogP contribution in [0.3, 0.4) is 0 Å². The molecule has 1 saturated heterocycles. The van der Waals surface area contributed by atoms with Crippen LogP contribution >= 0.6 is 0 Å². The van der Waals surface area contributed by atoms with E-state index in [1.54, 1.807) is 41.3 Å². The second kappa shape index (κ2) is 15.1. The molecule has 0 bridgehead atoms. The van der Waals surface area contributed by atoms with E-state index in [4.69, 9.17) is 0 Å². The Morgan fingerprint density at radius 1 is 0.756 bits per heavy atom. The van der Waals surface area contributed by atoms with E-state index < -0.39 is 16.1 Å². The van der Waals surface area contributed by atoms with Gasteiger partial charge in [-0.15, -0.1) is 0 Å². The highest BCUT2D eigenvalue weighted by molar-refractivity contribution is 7.89. The van der Waals surface area contributed by atoms with Crippen molar-refractivity contribution in [3.8, 4) is 0 Å². The third-order valence-corrected chi connectivity index (χ3v) is 9.98. The highest BCUT2D eigenvalue weighted by atomic mass is 32.2. The molecule has 0 saturated carbocycles. The molecule has 4 aromatic rings. The summed E-state index contributed by atoms with van der Waals surface area (Å²) in [5.74, 6) is -0.936. The van der Waals surface area contributed by atoms with Crippen LogP contribution in [0.15, 0.2) is 114 Å². The van der Waals surface area contributed by atoms with Crippen LogP contribution in [0, 0.1) is 5.82 Å². The van der Waals surface area contributed by atoms with Crippen molar-refractivity contribution in [3.63, 3.8) is 0 Å². The van der Waals surface area contributed by atoms with Crippen molar-refractivity contribution in [2.75, 3.05) is 19.6 Å². The van der Waals surface area contributed by atoms with Crippen molar-refractivity contribution in [3.05, 3.63) is 137 Å². The number of hydrogen-bond acceptors (Lipinski definition) is 4. The summed E-state index contributed by atoms with van der Waals surface area (Å²) in [6.07, 6.45) is 2.83. The maximum absolute atomic E-state index is 14.0. The molecular weight excluding hydrogens is 589 g/mol. The van der Waals surface area contributed by atoms with Gasteiger partial charge in [0.15, 0.2) is 0 Å². The van der Waals surface area contributed by atoms with Crippen LogP contribution in [0.1, 0.15) is 47.6 Å². The third-order valence-electron chi connectivity index (χ3n) is 8.07. The highest BCUT2D eigenvalue weighted by Crippen LogP contribution is 2.26. The lowest BCUT2D eigenvalue weighted by Gasteiger charge is -2.32. The quantitative estimate of drug-likeness (QED) is 0.207. The second-order valence-corrected chi connectivity index (χ2v) is 13.2. The monoisotopic (exact) mass is 627 g/mol. The third kappa shape index (κ3) is 8.44. The Hall–Kier alpha value is -4.34. The lowest BCUT2D eigenvalue weighted by molar-refractivity contribution is -0.141. The first-order valence-corrected chi connectivity index (χ1v) is 16.7. The summed E-state index contributed by atoms with van der Waals surface area (Å²) in [4.78, 5) is 29.6. The van der Waals surface area contributed by atoms with Gasteiger partial charge in [0.1, 0.15) is 11.9 Å². The largest absolute Gasteiger partial charge is 0.354 e. The predicted molar refractivity (Wildman–Crippen MR) is 172 cm³/mol. The molecule has 1 N–H and O–H groups in total. The van der Waals surface area contributed by atoms with Crippen molar-refractivity contribution in [2.45, 2.75) is 49.6 Å². The number of halogens is 1. The molecule has 2 amide bonds. The van der Waals surface area contributed by atoms with Gasteiger partial charge in [0.2, 0.25) is 21.8 Å². The molecule has 45 heavy (non-hydrogen) atoms. The van der Waals surface area contributed by atoms with Gasteiger partial charge in [0.25, 0.3) is 0 Å². The van der Waals surface area contributed by atoms with Crippen LogP contribution in [0.25, 0.3) is 0 Å². The van der Waals surface area contributed by atoms with Gasteiger partial charge >= 0.3 is 0 Å². The summed E-state index contributed by atoms with van der Waals surface area (Å²) < 4.78 is 41.1. The predicted octanol–water partition coefficient (Wildman–Crippen LogP) is 5.67. The summed E-state index contributed by atoms with van der Waals surface area (Å²) >= 11 is 0. The zero-order valence-corrected chi connectivity index (χ0v) is 26.0. The van der Waals surface area contributed by atoms with Gasteiger partial charge in [0.05, 0.1) is 4.90 Å². The normalized spacial score (nSPS) is 14.2. The molecule has 1 atom stereocenters. The first-order valence-electron chi connectivity index (χ1n) is 15.3.